The maximum absolute atomic E-state index is 13.3. The lowest BCUT2D eigenvalue weighted by atomic mass is 9.91. The lowest BCUT2D eigenvalue weighted by Crippen LogP contribution is -2.45. The van der Waals surface area contributed by atoms with Gasteiger partial charge in [-0.15, -0.1) is 0 Å². The summed E-state index contributed by atoms with van der Waals surface area (Å²) < 4.78 is 5.49. The van der Waals surface area contributed by atoms with Gasteiger partial charge in [0.05, 0.1) is 0 Å². The first-order valence-corrected chi connectivity index (χ1v) is 12.1. The SMILES string of the molecule is CN1CCN(c2ncccc2CC2CCN(c3ccc(C4CCOCC4)cc3)C2=O)CC1. The van der Waals surface area contributed by atoms with E-state index in [9.17, 15) is 4.79 Å². The summed E-state index contributed by atoms with van der Waals surface area (Å²) in [6, 6.07) is 12.8. The smallest absolute Gasteiger partial charge is 0.230 e. The first-order chi connectivity index (χ1) is 15.7. The maximum Gasteiger partial charge on any atom is 0.230 e. The third-order valence-electron chi connectivity index (χ3n) is 7.35. The van der Waals surface area contributed by atoms with E-state index in [1.807, 2.05) is 17.2 Å². The molecule has 1 aromatic carbocycles. The summed E-state index contributed by atoms with van der Waals surface area (Å²) in [5, 5.41) is 0. The van der Waals surface area contributed by atoms with Crippen molar-refractivity contribution in [2.45, 2.75) is 31.6 Å². The summed E-state index contributed by atoms with van der Waals surface area (Å²) in [5.74, 6) is 1.92. The van der Waals surface area contributed by atoms with Crippen LogP contribution in [0.4, 0.5) is 11.5 Å². The number of hydrogen-bond acceptors (Lipinski definition) is 5. The minimum Gasteiger partial charge on any atom is -0.381 e. The molecule has 5 rings (SSSR count). The van der Waals surface area contributed by atoms with E-state index in [2.05, 4.69) is 47.2 Å². The van der Waals surface area contributed by atoms with Gasteiger partial charge in [-0.3, -0.25) is 4.79 Å². The molecule has 6 heteroatoms. The van der Waals surface area contributed by atoms with Crippen molar-refractivity contribution in [3.63, 3.8) is 0 Å². The second-order valence-corrected chi connectivity index (χ2v) is 9.43. The number of ether oxygens (including phenoxy) is 1. The van der Waals surface area contributed by atoms with Crippen LogP contribution in [0.15, 0.2) is 42.6 Å². The van der Waals surface area contributed by atoms with Gasteiger partial charge in [0.1, 0.15) is 5.82 Å². The number of nitrogens with zero attached hydrogens (tertiary/aromatic N) is 4. The van der Waals surface area contributed by atoms with Crippen molar-refractivity contribution < 1.29 is 9.53 Å². The van der Waals surface area contributed by atoms with Crippen molar-refractivity contribution in [3.8, 4) is 0 Å². The molecule has 1 amide bonds. The Morgan fingerprint density at radius 1 is 0.969 bits per heavy atom. The fourth-order valence-corrected chi connectivity index (χ4v) is 5.30. The summed E-state index contributed by atoms with van der Waals surface area (Å²) in [6.07, 6.45) is 5.72. The summed E-state index contributed by atoms with van der Waals surface area (Å²) in [4.78, 5) is 24.7. The molecule has 1 unspecified atom stereocenters. The Morgan fingerprint density at radius 2 is 1.72 bits per heavy atom. The van der Waals surface area contributed by atoms with Crippen LogP contribution in [0.2, 0.25) is 0 Å². The Morgan fingerprint density at radius 3 is 2.47 bits per heavy atom. The number of anilines is 2. The van der Waals surface area contributed by atoms with Crippen LogP contribution in [0.25, 0.3) is 0 Å². The third-order valence-corrected chi connectivity index (χ3v) is 7.35. The van der Waals surface area contributed by atoms with E-state index < -0.39 is 0 Å². The Labute approximate surface area is 191 Å². The minimum absolute atomic E-state index is 0.0283. The van der Waals surface area contributed by atoms with E-state index in [4.69, 9.17) is 9.72 Å². The van der Waals surface area contributed by atoms with Crippen LogP contribution in [-0.2, 0) is 16.0 Å². The number of hydrogen-bond donors (Lipinski definition) is 0. The van der Waals surface area contributed by atoms with Gasteiger partial charge in [-0.25, -0.2) is 4.98 Å². The molecule has 1 atom stereocenters. The number of amides is 1. The van der Waals surface area contributed by atoms with Crippen LogP contribution in [-0.4, -0.2) is 68.8 Å². The minimum atomic E-state index is 0.0283. The molecule has 0 saturated carbocycles. The zero-order valence-electron chi connectivity index (χ0n) is 19.1. The standard InChI is InChI=1S/C26H34N4O2/c1-28-13-15-29(16-14-28)25-22(3-2-11-27-25)19-23-8-12-30(26(23)31)24-6-4-20(5-7-24)21-9-17-32-18-10-21/h2-7,11,21,23H,8-10,12-19H2,1H3. The zero-order valence-corrected chi connectivity index (χ0v) is 19.1. The number of benzene rings is 1. The molecule has 0 bridgehead atoms. The van der Waals surface area contributed by atoms with Gasteiger partial charge in [-0.1, -0.05) is 18.2 Å². The molecule has 3 aliphatic rings. The molecular weight excluding hydrogens is 400 g/mol. The van der Waals surface area contributed by atoms with Gasteiger partial charge in [0.15, 0.2) is 0 Å². The maximum atomic E-state index is 13.3. The molecule has 3 fully saturated rings. The summed E-state index contributed by atoms with van der Waals surface area (Å²) in [7, 11) is 2.17. The molecule has 1 aromatic heterocycles. The molecule has 2 aromatic rings. The largest absolute Gasteiger partial charge is 0.381 e. The van der Waals surface area contributed by atoms with Crippen LogP contribution < -0.4 is 9.80 Å². The van der Waals surface area contributed by atoms with E-state index in [1.165, 1.54) is 11.1 Å². The van der Waals surface area contributed by atoms with Gasteiger partial charge in [-0.05, 0) is 68.0 Å². The highest BCUT2D eigenvalue weighted by atomic mass is 16.5. The molecule has 3 aliphatic heterocycles. The molecule has 0 spiro atoms. The Balaban J connectivity index is 1.25. The van der Waals surface area contributed by atoms with E-state index in [1.54, 1.807) is 0 Å². The van der Waals surface area contributed by atoms with Crippen LogP contribution in [0.5, 0.6) is 0 Å². The lowest BCUT2D eigenvalue weighted by molar-refractivity contribution is -0.120. The highest BCUT2D eigenvalue weighted by Gasteiger charge is 2.33. The molecule has 4 heterocycles. The van der Waals surface area contributed by atoms with Gasteiger partial charge >= 0.3 is 0 Å². The molecule has 32 heavy (non-hydrogen) atoms. The van der Waals surface area contributed by atoms with Crippen LogP contribution in [0.1, 0.15) is 36.3 Å². The first-order valence-electron chi connectivity index (χ1n) is 12.1. The number of likely N-dealkylation sites (N-methyl/N-ethyl adjacent to an activating group) is 1. The molecule has 0 radical (unpaired) electrons. The van der Waals surface area contributed by atoms with Gasteiger partial charge in [-0.2, -0.15) is 0 Å². The van der Waals surface area contributed by atoms with Crippen molar-refractivity contribution in [3.05, 3.63) is 53.7 Å². The number of rotatable bonds is 5. The average molecular weight is 435 g/mol. The number of aromatic nitrogens is 1. The Bertz CT molecular complexity index is 918. The highest BCUT2D eigenvalue weighted by Crippen LogP contribution is 2.32. The van der Waals surface area contributed by atoms with Gasteiger partial charge < -0.3 is 19.4 Å². The molecule has 0 N–H and O–H groups in total. The number of carbonyl (C=O) groups excluding carboxylic acids is 1. The molecule has 0 aliphatic carbocycles. The Kier molecular flexibility index (Phi) is 6.42. The van der Waals surface area contributed by atoms with E-state index >= 15 is 0 Å². The van der Waals surface area contributed by atoms with Gasteiger partial charge in [0, 0.05) is 63.7 Å². The van der Waals surface area contributed by atoms with E-state index in [0.29, 0.717) is 5.92 Å². The average Bonchev–Trinajstić information content (AvgIpc) is 3.20. The van der Waals surface area contributed by atoms with Crippen LogP contribution in [0, 0.1) is 5.92 Å². The number of piperazine rings is 1. The van der Waals surface area contributed by atoms with E-state index in [0.717, 1.165) is 83.1 Å². The highest BCUT2D eigenvalue weighted by molar-refractivity contribution is 5.97. The second kappa shape index (κ2) is 9.59. The van der Waals surface area contributed by atoms with Crippen molar-refractivity contribution >= 4 is 17.4 Å². The quantitative estimate of drug-likeness (QED) is 0.723. The van der Waals surface area contributed by atoms with Crippen LogP contribution in [0.3, 0.4) is 0 Å². The second-order valence-electron chi connectivity index (χ2n) is 9.43. The van der Waals surface area contributed by atoms with Crippen molar-refractivity contribution in [1.82, 2.24) is 9.88 Å². The van der Waals surface area contributed by atoms with E-state index in [-0.39, 0.29) is 11.8 Å². The summed E-state index contributed by atoms with van der Waals surface area (Å²) in [5.41, 5.74) is 3.60. The summed E-state index contributed by atoms with van der Waals surface area (Å²) in [6.45, 7) is 6.58. The summed E-state index contributed by atoms with van der Waals surface area (Å²) >= 11 is 0. The molecule has 170 valence electrons. The first kappa shape index (κ1) is 21.4. The normalized spacial score (nSPS) is 23.2. The predicted octanol–water partition coefficient (Wildman–Crippen LogP) is 3.32. The fourth-order valence-electron chi connectivity index (χ4n) is 5.30. The van der Waals surface area contributed by atoms with Crippen molar-refractivity contribution in [2.75, 3.05) is 62.8 Å². The van der Waals surface area contributed by atoms with Crippen LogP contribution >= 0.6 is 0 Å². The monoisotopic (exact) mass is 434 g/mol. The number of pyridine rings is 1. The topological polar surface area (TPSA) is 48.9 Å². The lowest BCUT2D eigenvalue weighted by Gasteiger charge is -2.34. The van der Waals surface area contributed by atoms with Gasteiger partial charge in [0.2, 0.25) is 5.91 Å². The predicted molar refractivity (Wildman–Crippen MR) is 127 cm³/mol. The molecule has 3 saturated heterocycles. The Hall–Kier alpha value is -2.44. The third kappa shape index (κ3) is 4.52. The number of carbonyl (C=O) groups is 1. The zero-order chi connectivity index (χ0) is 21.9. The van der Waals surface area contributed by atoms with Crippen molar-refractivity contribution in [1.29, 1.82) is 0 Å². The molecular formula is C26H34N4O2. The van der Waals surface area contributed by atoms with Crippen molar-refractivity contribution in [2.24, 2.45) is 5.92 Å². The molecule has 6 nitrogen and oxygen atoms in total. The van der Waals surface area contributed by atoms with Gasteiger partial charge in [0.25, 0.3) is 0 Å². The fraction of sp³-hybridized carbons (Fsp3) is 0.538.